The lowest BCUT2D eigenvalue weighted by Gasteiger charge is -2.56. The Hall–Kier alpha value is -0.960. The van der Waals surface area contributed by atoms with Gasteiger partial charge in [0.15, 0.2) is 5.78 Å². The van der Waals surface area contributed by atoms with Crippen molar-refractivity contribution in [1.29, 1.82) is 0 Å². The number of carbonyl (C=O) groups excluding carboxylic acids is 2. The Morgan fingerprint density at radius 2 is 1.91 bits per heavy atom. The largest absolute Gasteiger partial charge is 0.393 e. The van der Waals surface area contributed by atoms with E-state index in [-0.39, 0.29) is 28.6 Å². The molecule has 0 amide bonds. The molecule has 0 unspecified atom stereocenters. The maximum absolute atomic E-state index is 13.0. The quantitative estimate of drug-likeness (QED) is 0.748. The van der Waals surface area contributed by atoms with Gasteiger partial charge in [-0.3, -0.25) is 9.59 Å². The minimum Gasteiger partial charge on any atom is -0.393 e. The van der Waals surface area contributed by atoms with Crippen molar-refractivity contribution in [3.63, 3.8) is 0 Å². The molecular formula is C19H26O3. The first-order valence-electron chi connectivity index (χ1n) is 8.81. The van der Waals surface area contributed by atoms with E-state index in [9.17, 15) is 14.7 Å². The smallest absolute Gasteiger partial charge is 0.155 e. The Morgan fingerprint density at radius 3 is 2.68 bits per heavy atom. The molecule has 0 heterocycles. The van der Waals surface area contributed by atoms with Crippen molar-refractivity contribution in [2.24, 2.45) is 28.6 Å². The highest BCUT2D eigenvalue weighted by molar-refractivity contribution is 5.93. The molecule has 4 aliphatic rings. The average Bonchev–Trinajstić information content (AvgIpc) is 2.75. The summed E-state index contributed by atoms with van der Waals surface area (Å²) in [5.74, 6) is 1.52. The van der Waals surface area contributed by atoms with Gasteiger partial charge in [-0.2, -0.15) is 0 Å². The number of rotatable bonds is 0. The summed E-state index contributed by atoms with van der Waals surface area (Å²) < 4.78 is 0. The number of Topliss-reactive ketones (excluding diaryl/α,β-unsaturated/α-hetero) is 1. The molecule has 3 nitrogen and oxygen atoms in total. The molecule has 4 aliphatic carbocycles. The first kappa shape index (κ1) is 14.6. The van der Waals surface area contributed by atoms with Crippen molar-refractivity contribution in [3.8, 4) is 0 Å². The molecule has 120 valence electrons. The predicted octanol–water partition coefficient (Wildman–Crippen LogP) is 3.06. The maximum Gasteiger partial charge on any atom is 0.155 e. The molecule has 3 saturated carbocycles. The molecule has 0 spiro atoms. The van der Waals surface area contributed by atoms with Crippen molar-refractivity contribution < 1.29 is 14.7 Å². The van der Waals surface area contributed by atoms with E-state index in [1.807, 2.05) is 6.08 Å². The van der Waals surface area contributed by atoms with Crippen LogP contribution in [0.5, 0.6) is 0 Å². The molecule has 0 aromatic rings. The number of aliphatic hydroxyl groups is 1. The van der Waals surface area contributed by atoms with E-state index in [2.05, 4.69) is 13.8 Å². The summed E-state index contributed by atoms with van der Waals surface area (Å²) in [5.41, 5.74) is 0.906. The Morgan fingerprint density at radius 1 is 1.14 bits per heavy atom. The van der Waals surface area contributed by atoms with Gasteiger partial charge >= 0.3 is 0 Å². The van der Waals surface area contributed by atoms with Gasteiger partial charge in [0.05, 0.1) is 6.10 Å². The van der Waals surface area contributed by atoms with Crippen LogP contribution in [-0.2, 0) is 9.59 Å². The van der Waals surface area contributed by atoms with E-state index in [0.29, 0.717) is 30.5 Å². The molecule has 0 aliphatic heterocycles. The number of aliphatic hydroxyl groups excluding tert-OH is 1. The van der Waals surface area contributed by atoms with Gasteiger partial charge in [-0.1, -0.05) is 19.4 Å². The van der Waals surface area contributed by atoms with E-state index in [4.69, 9.17) is 0 Å². The molecule has 3 fully saturated rings. The molecule has 3 heteroatoms. The van der Waals surface area contributed by atoms with Crippen LogP contribution in [0.2, 0.25) is 0 Å². The van der Waals surface area contributed by atoms with Gasteiger partial charge in [0.1, 0.15) is 5.78 Å². The first-order chi connectivity index (χ1) is 10.4. The third-order valence-corrected chi connectivity index (χ3v) is 7.60. The number of allylic oxidation sites excluding steroid dienone is 1. The number of fused-ring (bicyclic) bond motifs is 5. The van der Waals surface area contributed by atoms with Gasteiger partial charge in [0, 0.05) is 24.2 Å². The highest BCUT2D eigenvalue weighted by atomic mass is 16.3. The fourth-order valence-electron chi connectivity index (χ4n) is 6.36. The van der Waals surface area contributed by atoms with Crippen LogP contribution < -0.4 is 0 Å². The zero-order chi connectivity index (χ0) is 15.7. The summed E-state index contributed by atoms with van der Waals surface area (Å²) in [7, 11) is 0. The van der Waals surface area contributed by atoms with Crippen LogP contribution in [0.1, 0.15) is 58.8 Å². The summed E-state index contributed by atoms with van der Waals surface area (Å²) >= 11 is 0. The van der Waals surface area contributed by atoms with Gasteiger partial charge in [-0.05, 0) is 55.4 Å². The minimum absolute atomic E-state index is 0.0731. The highest BCUT2D eigenvalue weighted by Crippen LogP contribution is 2.64. The number of hydrogen-bond donors (Lipinski definition) is 1. The van der Waals surface area contributed by atoms with Gasteiger partial charge in [0.2, 0.25) is 0 Å². The van der Waals surface area contributed by atoms with E-state index >= 15 is 0 Å². The van der Waals surface area contributed by atoms with Crippen molar-refractivity contribution in [3.05, 3.63) is 11.6 Å². The van der Waals surface area contributed by atoms with Crippen LogP contribution in [-0.4, -0.2) is 22.8 Å². The second-order valence-electron chi connectivity index (χ2n) is 8.58. The Bertz CT molecular complexity index is 577. The summed E-state index contributed by atoms with van der Waals surface area (Å²) in [4.78, 5) is 24.8. The molecule has 0 bridgehead atoms. The zero-order valence-electron chi connectivity index (χ0n) is 13.6. The lowest BCUT2D eigenvalue weighted by Crippen LogP contribution is -2.55. The van der Waals surface area contributed by atoms with Crippen molar-refractivity contribution in [2.75, 3.05) is 0 Å². The highest BCUT2D eigenvalue weighted by Gasteiger charge is 2.61. The monoisotopic (exact) mass is 302 g/mol. The predicted molar refractivity (Wildman–Crippen MR) is 83.1 cm³/mol. The number of ketones is 2. The fraction of sp³-hybridized carbons (Fsp3) is 0.789. The lowest BCUT2D eigenvalue weighted by atomic mass is 9.47. The van der Waals surface area contributed by atoms with Crippen molar-refractivity contribution >= 4 is 11.6 Å². The Kier molecular flexibility index (Phi) is 3.01. The molecular weight excluding hydrogens is 276 g/mol. The second kappa shape index (κ2) is 4.53. The Balaban J connectivity index is 1.76. The normalized spacial score (nSPS) is 51.0. The first-order valence-corrected chi connectivity index (χ1v) is 8.81. The third-order valence-electron chi connectivity index (χ3n) is 7.60. The van der Waals surface area contributed by atoms with Crippen LogP contribution in [0.4, 0.5) is 0 Å². The molecule has 0 aromatic heterocycles. The summed E-state index contributed by atoms with van der Waals surface area (Å²) in [6.07, 6.45) is 7.33. The molecule has 22 heavy (non-hydrogen) atoms. The number of carbonyl (C=O) groups is 2. The maximum atomic E-state index is 13.0. The molecule has 0 radical (unpaired) electrons. The SMILES string of the molecule is C[C@]12CC(=O)[C@H]3[C@@H](CCC4=CC(=O)CC[C@@]43C)[C@@H]1CC[C@@H]2O. The minimum atomic E-state index is -0.319. The summed E-state index contributed by atoms with van der Waals surface area (Å²) in [6, 6.07) is 0. The second-order valence-corrected chi connectivity index (χ2v) is 8.58. The molecule has 1 N–H and O–H groups in total. The van der Waals surface area contributed by atoms with Crippen LogP contribution in [0.15, 0.2) is 11.6 Å². The lowest BCUT2D eigenvalue weighted by molar-refractivity contribution is -0.148. The Labute approximate surface area is 132 Å². The molecule has 0 aromatic carbocycles. The van der Waals surface area contributed by atoms with Crippen molar-refractivity contribution in [1.82, 2.24) is 0 Å². The average molecular weight is 302 g/mol. The van der Waals surface area contributed by atoms with Crippen LogP contribution in [0.3, 0.4) is 0 Å². The van der Waals surface area contributed by atoms with Crippen LogP contribution in [0, 0.1) is 28.6 Å². The van der Waals surface area contributed by atoms with Gasteiger partial charge in [-0.15, -0.1) is 0 Å². The molecule has 0 saturated heterocycles. The van der Waals surface area contributed by atoms with E-state index in [0.717, 1.165) is 32.1 Å². The van der Waals surface area contributed by atoms with Crippen molar-refractivity contribution in [2.45, 2.75) is 64.9 Å². The van der Waals surface area contributed by atoms with Gasteiger partial charge in [-0.25, -0.2) is 0 Å². The van der Waals surface area contributed by atoms with Gasteiger partial charge < -0.3 is 5.11 Å². The fourth-order valence-corrected chi connectivity index (χ4v) is 6.36. The topological polar surface area (TPSA) is 54.4 Å². The van der Waals surface area contributed by atoms with Gasteiger partial charge in [0.25, 0.3) is 0 Å². The van der Waals surface area contributed by atoms with E-state index in [1.54, 1.807) is 0 Å². The standard InChI is InChI=1S/C19H26O3/c1-18-8-7-12(20)9-11(18)3-4-13-14-5-6-16(22)19(14,2)10-15(21)17(13)18/h9,13-14,16-17,22H,3-8,10H2,1-2H3/t13-,14-,16-,17+,18-,19-/m0/s1. The third kappa shape index (κ3) is 1.72. The van der Waals surface area contributed by atoms with E-state index < -0.39 is 0 Å². The zero-order valence-corrected chi connectivity index (χ0v) is 13.6. The summed E-state index contributed by atoms with van der Waals surface area (Å²) in [5, 5.41) is 10.4. The van der Waals surface area contributed by atoms with Crippen LogP contribution >= 0.6 is 0 Å². The number of hydrogen-bond acceptors (Lipinski definition) is 3. The summed E-state index contributed by atoms with van der Waals surface area (Å²) in [6.45, 7) is 4.34. The van der Waals surface area contributed by atoms with E-state index in [1.165, 1.54) is 5.57 Å². The molecule has 6 atom stereocenters. The van der Waals surface area contributed by atoms with Crippen LogP contribution in [0.25, 0.3) is 0 Å². The molecule has 4 rings (SSSR count).